The van der Waals surface area contributed by atoms with Crippen LogP contribution in [0.15, 0.2) is 42.5 Å². The fraction of sp³-hybridized carbons (Fsp3) is 0.364. The van der Waals surface area contributed by atoms with Gasteiger partial charge >= 0.3 is 0 Å². The average molecular weight is 388 g/mol. The maximum atomic E-state index is 15.4. The molecule has 142 valence electrons. The van der Waals surface area contributed by atoms with Crippen LogP contribution in [0.25, 0.3) is 0 Å². The fourth-order valence-corrected chi connectivity index (χ4v) is 3.69. The molecule has 0 amide bonds. The molecule has 0 saturated heterocycles. The van der Waals surface area contributed by atoms with Crippen LogP contribution >= 0.6 is 11.6 Å². The Morgan fingerprint density at radius 3 is 2.44 bits per heavy atom. The molecule has 1 aliphatic carbocycles. The van der Waals surface area contributed by atoms with Gasteiger partial charge in [0.15, 0.2) is 5.78 Å². The second-order valence-corrected chi connectivity index (χ2v) is 7.72. The van der Waals surface area contributed by atoms with Gasteiger partial charge in [-0.3, -0.25) is 9.59 Å². The van der Waals surface area contributed by atoms with E-state index in [1.807, 2.05) is 6.92 Å². The third kappa shape index (κ3) is 4.63. The van der Waals surface area contributed by atoms with Crippen molar-refractivity contribution in [3.63, 3.8) is 0 Å². The molecule has 0 unspecified atom stereocenters. The quantitative estimate of drug-likeness (QED) is 0.639. The van der Waals surface area contributed by atoms with E-state index in [2.05, 4.69) is 5.32 Å². The van der Waals surface area contributed by atoms with E-state index < -0.39 is 11.6 Å². The van der Waals surface area contributed by atoms with E-state index in [0.29, 0.717) is 23.5 Å². The van der Waals surface area contributed by atoms with Gasteiger partial charge < -0.3 is 5.32 Å². The molecule has 3 nitrogen and oxygen atoms in total. The molecule has 0 aliphatic heterocycles. The molecule has 27 heavy (non-hydrogen) atoms. The summed E-state index contributed by atoms with van der Waals surface area (Å²) in [5, 5.41) is 3.49. The minimum Gasteiger partial charge on any atom is -0.307 e. The van der Waals surface area contributed by atoms with Gasteiger partial charge in [0, 0.05) is 29.6 Å². The monoisotopic (exact) mass is 387 g/mol. The summed E-state index contributed by atoms with van der Waals surface area (Å²) in [7, 11) is 0. The predicted octanol–water partition coefficient (Wildman–Crippen LogP) is 5.12. The molecule has 1 saturated carbocycles. The van der Waals surface area contributed by atoms with Crippen LogP contribution in [0.1, 0.15) is 60.6 Å². The first kappa shape index (κ1) is 19.7. The molecule has 1 N–H and O–H groups in total. The van der Waals surface area contributed by atoms with Crippen molar-refractivity contribution in [2.45, 2.75) is 45.2 Å². The Kier molecular flexibility index (Phi) is 6.08. The lowest BCUT2D eigenvalue weighted by Gasteiger charge is -2.24. The van der Waals surface area contributed by atoms with Gasteiger partial charge in [0.1, 0.15) is 11.6 Å². The lowest BCUT2D eigenvalue weighted by atomic mass is 9.94. The molecule has 0 radical (unpaired) electrons. The summed E-state index contributed by atoms with van der Waals surface area (Å²) in [5.74, 6) is -0.613. The lowest BCUT2D eigenvalue weighted by molar-refractivity contribution is -0.117. The van der Waals surface area contributed by atoms with Crippen LogP contribution in [-0.2, 0) is 4.79 Å². The summed E-state index contributed by atoms with van der Waals surface area (Å²) in [6.45, 7) is 3.46. The van der Waals surface area contributed by atoms with Crippen LogP contribution in [0.5, 0.6) is 0 Å². The summed E-state index contributed by atoms with van der Waals surface area (Å²) >= 11 is 6.19. The molecule has 2 atom stereocenters. The van der Waals surface area contributed by atoms with Crippen molar-refractivity contribution in [3.05, 3.63) is 70.0 Å². The van der Waals surface area contributed by atoms with Crippen molar-refractivity contribution in [3.8, 4) is 0 Å². The van der Waals surface area contributed by atoms with E-state index in [1.165, 1.54) is 0 Å². The second-order valence-electron chi connectivity index (χ2n) is 7.31. The number of halogens is 2. The number of hydrogen-bond acceptors (Lipinski definition) is 3. The third-order valence-corrected chi connectivity index (χ3v) is 5.19. The van der Waals surface area contributed by atoms with Crippen molar-refractivity contribution in [2.75, 3.05) is 0 Å². The van der Waals surface area contributed by atoms with Crippen LogP contribution in [0, 0.1) is 11.7 Å². The molecule has 1 aliphatic rings. The van der Waals surface area contributed by atoms with Crippen LogP contribution in [0.3, 0.4) is 0 Å². The standard InChI is InChI=1S/C22H23ClFNO2/c1-13(12-14(2)26)25-21(15-8-9-15)17-10-11-18(23)19(20(17)24)22(27)16-6-4-3-5-7-16/h3-7,10-11,13,15,21,25H,8-9,12H2,1-2H3/t13-,21+/m0/s1. The molecule has 0 spiro atoms. The van der Waals surface area contributed by atoms with Crippen LogP contribution < -0.4 is 5.32 Å². The molecule has 2 aromatic carbocycles. The van der Waals surface area contributed by atoms with Gasteiger partial charge in [-0.05, 0) is 38.7 Å². The van der Waals surface area contributed by atoms with E-state index in [4.69, 9.17) is 11.6 Å². The van der Waals surface area contributed by atoms with Gasteiger partial charge in [0.25, 0.3) is 0 Å². The highest BCUT2D eigenvalue weighted by Crippen LogP contribution is 2.43. The molecule has 3 rings (SSSR count). The number of ketones is 2. The lowest BCUT2D eigenvalue weighted by Crippen LogP contribution is -2.34. The molecular weight excluding hydrogens is 365 g/mol. The van der Waals surface area contributed by atoms with E-state index in [1.54, 1.807) is 49.4 Å². The largest absolute Gasteiger partial charge is 0.307 e. The van der Waals surface area contributed by atoms with Gasteiger partial charge in [0.05, 0.1) is 10.6 Å². The van der Waals surface area contributed by atoms with Gasteiger partial charge in [-0.2, -0.15) is 0 Å². The van der Waals surface area contributed by atoms with Gasteiger partial charge in [-0.1, -0.05) is 48.0 Å². The average Bonchev–Trinajstić information content (AvgIpc) is 3.45. The summed E-state index contributed by atoms with van der Waals surface area (Å²) in [5.41, 5.74) is 0.750. The number of Topliss-reactive ketones (excluding diaryl/α,β-unsaturated/α-hetero) is 1. The van der Waals surface area contributed by atoms with Gasteiger partial charge in [0.2, 0.25) is 0 Å². The first-order valence-electron chi connectivity index (χ1n) is 9.21. The number of benzene rings is 2. The van der Waals surface area contributed by atoms with Crippen LogP contribution in [0.4, 0.5) is 4.39 Å². The van der Waals surface area contributed by atoms with Crippen molar-refractivity contribution in [2.24, 2.45) is 5.92 Å². The second kappa shape index (κ2) is 8.32. The van der Waals surface area contributed by atoms with Gasteiger partial charge in [-0.25, -0.2) is 4.39 Å². The summed E-state index contributed by atoms with van der Waals surface area (Å²) in [6, 6.07) is 11.5. The van der Waals surface area contributed by atoms with Crippen LogP contribution in [-0.4, -0.2) is 17.6 Å². The molecule has 0 heterocycles. The minimum atomic E-state index is -0.573. The van der Waals surface area contributed by atoms with E-state index in [9.17, 15) is 9.59 Å². The number of hydrogen-bond donors (Lipinski definition) is 1. The maximum Gasteiger partial charge on any atom is 0.197 e. The molecule has 0 bridgehead atoms. The Morgan fingerprint density at radius 2 is 1.85 bits per heavy atom. The Balaban J connectivity index is 1.95. The number of carbonyl (C=O) groups excluding carboxylic acids is 2. The Morgan fingerprint density at radius 1 is 1.19 bits per heavy atom. The highest BCUT2D eigenvalue weighted by atomic mass is 35.5. The number of carbonyl (C=O) groups is 2. The first-order valence-corrected chi connectivity index (χ1v) is 9.59. The minimum absolute atomic E-state index is 0.0727. The zero-order chi connectivity index (χ0) is 19.6. The van der Waals surface area contributed by atoms with E-state index >= 15 is 4.39 Å². The smallest absolute Gasteiger partial charge is 0.197 e. The molecule has 0 aromatic heterocycles. The SMILES string of the molecule is CC(=O)C[C@H](C)N[C@@H](c1ccc(Cl)c(C(=O)c2ccccc2)c1F)C1CC1. The highest BCUT2D eigenvalue weighted by molar-refractivity contribution is 6.35. The van der Waals surface area contributed by atoms with Crippen molar-refractivity contribution in [1.29, 1.82) is 0 Å². The van der Waals surface area contributed by atoms with Gasteiger partial charge in [-0.15, -0.1) is 0 Å². The maximum absolute atomic E-state index is 15.4. The van der Waals surface area contributed by atoms with E-state index in [0.717, 1.165) is 12.8 Å². The van der Waals surface area contributed by atoms with Crippen molar-refractivity contribution in [1.82, 2.24) is 5.32 Å². The zero-order valence-electron chi connectivity index (χ0n) is 15.5. The van der Waals surface area contributed by atoms with E-state index in [-0.39, 0.29) is 28.5 Å². The number of nitrogens with one attached hydrogen (secondary N) is 1. The Labute approximate surface area is 163 Å². The normalized spacial score (nSPS) is 16.0. The highest BCUT2D eigenvalue weighted by Gasteiger charge is 2.36. The number of rotatable bonds is 8. The summed E-state index contributed by atoms with van der Waals surface area (Å²) in [6.07, 6.45) is 2.37. The Bertz CT molecular complexity index is 849. The predicted molar refractivity (Wildman–Crippen MR) is 105 cm³/mol. The van der Waals surface area contributed by atoms with Crippen molar-refractivity contribution >= 4 is 23.2 Å². The fourth-order valence-electron chi connectivity index (χ4n) is 3.46. The van der Waals surface area contributed by atoms with Crippen LogP contribution in [0.2, 0.25) is 5.02 Å². The summed E-state index contributed by atoms with van der Waals surface area (Å²) < 4.78 is 15.4. The first-order chi connectivity index (χ1) is 12.9. The topological polar surface area (TPSA) is 46.2 Å². The zero-order valence-corrected chi connectivity index (χ0v) is 16.2. The molecule has 2 aromatic rings. The molecule has 1 fully saturated rings. The van der Waals surface area contributed by atoms with Crippen molar-refractivity contribution < 1.29 is 14.0 Å². The molecular formula is C22H23ClFNO2. The summed E-state index contributed by atoms with van der Waals surface area (Å²) in [4.78, 5) is 24.2. The third-order valence-electron chi connectivity index (χ3n) is 4.87. The molecule has 5 heteroatoms. The Hall–Kier alpha value is -2.04.